The van der Waals surface area contributed by atoms with Crippen molar-refractivity contribution >= 4 is 16.7 Å². The average molecular weight is 459 g/mol. The summed E-state index contributed by atoms with van der Waals surface area (Å²) < 4.78 is 23.4. The molecule has 1 aromatic heterocycles. The minimum absolute atomic E-state index is 0.0554. The van der Waals surface area contributed by atoms with Crippen LogP contribution in [0.4, 0.5) is 0 Å². The van der Waals surface area contributed by atoms with E-state index in [9.17, 15) is 9.59 Å². The van der Waals surface area contributed by atoms with Crippen molar-refractivity contribution in [1.29, 1.82) is 0 Å². The Kier molecular flexibility index (Phi) is 6.54. The van der Waals surface area contributed by atoms with Crippen LogP contribution < -0.4 is 24.4 Å². The molecule has 0 amide bonds. The molecule has 0 aliphatic rings. The molecular formula is C27H25NO6. The maximum absolute atomic E-state index is 13.5. The summed E-state index contributed by atoms with van der Waals surface area (Å²) in [6.45, 7) is 0.374. The van der Waals surface area contributed by atoms with Gasteiger partial charge in [0.05, 0.1) is 51.5 Å². The van der Waals surface area contributed by atoms with Crippen molar-refractivity contribution in [3.05, 3.63) is 93.8 Å². The normalized spacial score (nSPS) is 10.7. The lowest BCUT2D eigenvalue weighted by Crippen LogP contribution is -2.20. The quantitative estimate of drug-likeness (QED) is 0.366. The van der Waals surface area contributed by atoms with Crippen molar-refractivity contribution in [3.8, 4) is 23.0 Å². The highest BCUT2D eigenvalue weighted by molar-refractivity contribution is 6.10. The molecule has 0 N–H and O–H groups in total. The summed E-state index contributed by atoms with van der Waals surface area (Å²) in [5.41, 5.74) is 1.57. The van der Waals surface area contributed by atoms with E-state index in [4.69, 9.17) is 18.9 Å². The number of hydrogen-bond acceptors (Lipinski definition) is 6. The molecule has 7 heteroatoms. The smallest absolute Gasteiger partial charge is 0.200 e. The Morgan fingerprint density at radius 3 is 2.09 bits per heavy atom. The number of carbonyl (C=O) groups is 1. The van der Waals surface area contributed by atoms with Gasteiger partial charge in [-0.15, -0.1) is 0 Å². The molecule has 4 aromatic rings. The topological polar surface area (TPSA) is 76.0 Å². The SMILES string of the molecule is COc1ccc(C(=O)c2cn(Cc3ccccc3OC)c3cc(OC)c(OC)cc3c2=O)cc1. The summed E-state index contributed by atoms with van der Waals surface area (Å²) >= 11 is 0. The molecule has 0 aliphatic heterocycles. The molecule has 0 radical (unpaired) electrons. The van der Waals surface area contributed by atoms with Gasteiger partial charge in [0.1, 0.15) is 11.5 Å². The Labute approximate surface area is 197 Å². The largest absolute Gasteiger partial charge is 0.497 e. The van der Waals surface area contributed by atoms with E-state index in [1.165, 1.54) is 14.2 Å². The first-order valence-corrected chi connectivity index (χ1v) is 10.6. The third-order valence-electron chi connectivity index (χ3n) is 5.72. The van der Waals surface area contributed by atoms with Crippen molar-refractivity contribution in [3.63, 3.8) is 0 Å². The Morgan fingerprint density at radius 1 is 0.794 bits per heavy atom. The highest BCUT2D eigenvalue weighted by Crippen LogP contribution is 2.32. The van der Waals surface area contributed by atoms with Crippen LogP contribution in [0.25, 0.3) is 10.9 Å². The van der Waals surface area contributed by atoms with Crippen molar-refractivity contribution in [2.24, 2.45) is 0 Å². The van der Waals surface area contributed by atoms with Gasteiger partial charge in [0.2, 0.25) is 5.43 Å². The molecule has 4 rings (SSSR count). The van der Waals surface area contributed by atoms with Crippen LogP contribution >= 0.6 is 0 Å². The maximum atomic E-state index is 13.5. The van der Waals surface area contributed by atoms with Gasteiger partial charge in [-0.05, 0) is 36.4 Å². The van der Waals surface area contributed by atoms with Gasteiger partial charge in [0, 0.05) is 23.4 Å². The molecule has 0 fully saturated rings. The molecule has 0 saturated heterocycles. The zero-order chi connectivity index (χ0) is 24.2. The molecule has 174 valence electrons. The molecule has 7 nitrogen and oxygen atoms in total. The highest BCUT2D eigenvalue weighted by atomic mass is 16.5. The van der Waals surface area contributed by atoms with E-state index >= 15 is 0 Å². The third kappa shape index (κ3) is 4.20. The minimum Gasteiger partial charge on any atom is -0.497 e. The van der Waals surface area contributed by atoms with Gasteiger partial charge >= 0.3 is 0 Å². The Hall–Kier alpha value is -4.26. The van der Waals surface area contributed by atoms with Gasteiger partial charge < -0.3 is 23.5 Å². The summed E-state index contributed by atoms with van der Waals surface area (Å²) in [6, 6.07) is 17.6. The molecule has 0 bridgehead atoms. The second kappa shape index (κ2) is 9.70. The number of rotatable bonds is 8. The van der Waals surface area contributed by atoms with Crippen molar-refractivity contribution in [2.75, 3.05) is 28.4 Å². The summed E-state index contributed by atoms with van der Waals surface area (Å²) in [5, 5.41) is 0.354. The number of ketones is 1. The number of carbonyl (C=O) groups excluding carboxylic acids is 1. The van der Waals surface area contributed by atoms with Crippen LogP contribution in [0.15, 0.2) is 71.7 Å². The monoisotopic (exact) mass is 459 g/mol. The fraction of sp³-hybridized carbons (Fsp3) is 0.185. The van der Waals surface area contributed by atoms with Crippen LogP contribution in [0.2, 0.25) is 0 Å². The van der Waals surface area contributed by atoms with E-state index in [2.05, 4.69) is 0 Å². The molecule has 1 heterocycles. The maximum Gasteiger partial charge on any atom is 0.200 e. The van der Waals surface area contributed by atoms with Gasteiger partial charge in [0.25, 0.3) is 0 Å². The van der Waals surface area contributed by atoms with Gasteiger partial charge in [-0.3, -0.25) is 9.59 Å². The molecule has 34 heavy (non-hydrogen) atoms. The number of para-hydroxylation sites is 1. The van der Waals surface area contributed by atoms with Crippen molar-refractivity contribution < 1.29 is 23.7 Å². The second-order valence-electron chi connectivity index (χ2n) is 7.59. The van der Waals surface area contributed by atoms with Crippen molar-refractivity contribution in [1.82, 2.24) is 4.57 Å². The number of ether oxygens (including phenoxy) is 4. The summed E-state index contributed by atoms with van der Waals surface area (Å²) in [4.78, 5) is 26.9. The van der Waals surface area contributed by atoms with E-state index in [-0.39, 0.29) is 16.8 Å². The Bertz CT molecular complexity index is 1410. The molecule has 0 saturated carbocycles. The lowest BCUT2D eigenvalue weighted by molar-refractivity contribution is 0.103. The zero-order valence-corrected chi connectivity index (χ0v) is 19.5. The predicted molar refractivity (Wildman–Crippen MR) is 130 cm³/mol. The van der Waals surface area contributed by atoms with E-state index in [0.29, 0.717) is 46.0 Å². The lowest BCUT2D eigenvalue weighted by atomic mass is 10.0. The standard InChI is InChI=1S/C27H25NO6/c1-31-19-11-9-17(10-12-19)26(29)21-16-28(15-18-7-5-6-8-23(18)32-2)22-14-25(34-4)24(33-3)13-20(22)27(21)30/h5-14,16H,15H2,1-4H3. The third-order valence-corrected chi connectivity index (χ3v) is 5.72. The summed E-state index contributed by atoms with van der Waals surface area (Å²) in [6.07, 6.45) is 1.59. The number of aromatic nitrogens is 1. The van der Waals surface area contributed by atoms with E-state index < -0.39 is 0 Å². The van der Waals surface area contributed by atoms with Gasteiger partial charge in [-0.25, -0.2) is 0 Å². The van der Waals surface area contributed by atoms with E-state index in [1.807, 2.05) is 28.8 Å². The van der Waals surface area contributed by atoms with Crippen LogP contribution in [0, 0.1) is 0 Å². The van der Waals surface area contributed by atoms with E-state index in [0.717, 1.165) is 5.56 Å². The Balaban J connectivity index is 1.95. The number of nitrogens with zero attached hydrogens (tertiary/aromatic N) is 1. The van der Waals surface area contributed by atoms with Gasteiger partial charge in [-0.2, -0.15) is 0 Å². The fourth-order valence-electron chi connectivity index (χ4n) is 3.92. The first-order chi connectivity index (χ1) is 16.5. The fourth-order valence-corrected chi connectivity index (χ4v) is 3.92. The first-order valence-electron chi connectivity index (χ1n) is 10.6. The highest BCUT2D eigenvalue weighted by Gasteiger charge is 2.20. The van der Waals surface area contributed by atoms with Crippen LogP contribution in [0.3, 0.4) is 0 Å². The van der Waals surface area contributed by atoms with Gasteiger partial charge in [-0.1, -0.05) is 18.2 Å². The summed E-state index contributed by atoms with van der Waals surface area (Å²) in [5.74, 6) is 1.85. The number of fused-ring (bicyclic) bond motifs is 1. The van der Waals surface area contributed by atoms with Crippen LogP contribution in [-0.2, 0) is 6.54 Å². The summed E-state index contributed by atoms with van der Waals surface area (Å²) in [7, 11) is 6.20. The number of pyridine rings is 1. The molecule has 0 unspecified atom stereocenters. The van der Waals surface area contributed by atoms with Crippen LogP contribution in [0.5, 0.6) is 23.0 Å². The second-order valence-corrected chi connectivity index (χ2v) is 7.59. The van der Waals surface area contributed by atoms with E-state index in [1.54, 1.807) is 56.8 Å². The number of hydrogen-bond donors (Lipinski definition) is 0. The molecule has 0 spiro atoms. The number of methoxy groups -OCH3 is 4. The molecule has 0 atom stereocenters. The molecule has 0 aliphatic carbocycles. The lowest BCUT2D eigenvalue weighted by Gasteiger charge is -2.17. The van der Waals surface area contributed by atoms with Crippen LogP contribution in [-0.4, -0.2) is 38.8 Å². The zero-order valence-electron chi connectivity index (χ0n) is 19.5. The minimum atomic E-state index is -0.381. The van der Waals surface area contributed by atoms with Crippen LogP contribution in [0.1, 0.15) is 21.5 Å². The Morgan fingerprint density at radius 2 is 1.44 bits per heavy atom. The molecule has 3 aromatic carbocycles. The van der Waals surface area contributed by atoms with Gasteiger partial charge in [0.15, 0.2) is 17.3 Å². The number of benzene rings is 3. The predicted octanol–water partition coefficient (Wildman–Crippen LogP) is 4.32. The first kappa shape index (κ1) is 22.9. The molecular weight excluding hydrogens is 434 g/mol. The van der Waals surface area contributed by atoms with Crippen molar-refractivity contribution in [2.45, 2.75) is 6.54 Å². The average Bonchev–Trinajstić information content (AvgIpc) is 2.89.